The molecule has 0 saturated carbocycles. The van der Waals surface area contributed by atoms with Crippen molar-refractivity contribution in [1.82, 2.24) is 14.8 Å². The van der Waals surface area contributed by atoms with Gasteiger partial charge in [0.05, 0.1) is 29.4 Å². The van der Waals surface area contributed by atoms with Crippen LogP contribution in [0.3, 0.4) is 0 Å². The Hall–Kier alpha value is -4.25. The molecule has 1 amide bonds. The van der Waals surface area contributed by atoms with Gasteiger partial charge in [0, 0.05) is 5.69 Å². The van der Waals surface area contributed by atoms with Crippen molar-refractivity contribution in [2.45, 2.75) is 5.16 Å². The minimum atomic E-state index is -0.765. The van der Waals surface area contributed by atoms with Crippen molar-refractivity contribution < 1.29 is 18.8 Å². The topological polar surface area (TPSA) is 112 Å². The van der Waals surface area contributed by atoms with Crippen molar-refractivity contribution in [3.63, 3.8) is 0 Å². The molecule has 4 aromatic rings. The average Bonchev–Trinajstić information content (AvgIpc) is 3.28. The number of nitrogens with zero attached hydrogens (tertiary/aromatic N) is 4. The van der Waals surface area contributed by atoms with E-state index >= 15 is 0 Å². The Balaban J connectivity index is 1.61. The fourth-order valence-corrected chi connectivity index (χ4v) is 4.01. The van der Waals surface area contributed by atoms with E-state index < -0.39 is 22.3 Å². The maximum atomic E-state index is 13.4. The molecule has 0 saturated heterocycles. The van der Waals surface area contributed by atoms with E-state index in [0.717, 1.165) is 41.2 Å². The van der Waals surface area contributed by atoms with Gasteiger partial charge in [-0.1, -0.05) is 42.1 Å². The molecular formula is C23H18FN5O4S. The Kier molecular flexibility index (Phi) is 6.83. The summed E-state index contributed by atoms with van der Waals surface area (Å²) in [5.41, 5.74) is 0.894. The van der Waals surface area contributed by atoms with E-state index in [1.807, 2.05) is 54.6 Å². The summed E-state index contributed by atoms with van der Waals surface area (Å²) < 4.78 is 20.6. The van der Waals surface area contributed by atoms with Gasteiger partial charge >= 0.3 is 0 Å². The zero-order valence-corrected chi connectivity index (χ0v) is 18.7. The maximum Gasteiger partial charge on any atom is 0.295 e. The zero-order chi connectivity index (χ0) is 24.1. The van der Waals surface area contributed by atoms with Crippen molar-refractivity contribution in [1.29, 1.82) is 0 Å². The number of amides is 1. The predicted molar refractivity (Wildman–Crippen MR) is 126 cm³/mol. The molecule has 0 radical (unpaired) electrons. The highest BCUT2D eigenvalue weighted by Gasteiger charge is 2.21. The number of carbonyl (C=O) groups excluding carboxylic acids is 1. The Labute approximate surface area is 197 Å². The van der Waals surface area contributed by atoms with Gasteiger partial charge in [-0.15, -0.1) is 10.2 Å². The van der Waals surface area contributed by atoms with Crippen LogP contribution in [0, 0.1) is 15.9 Å². The lowest BCUT2D eigenvalue weighted by atomic mass is 10.2. The number of carbonyl (C=O) groups is 1. The van der Waals surface area contributed by atoms with E-state index in [2.05, 4.69) is 15.5 Å². The van der Waals surface area contributed by atoms with Gasteiger partial charge in [-0.25, -0.2) is 4.39 Å². The van der Waals surface area contributed by atoms with E-state index in [9.17, 15) is 19.3 Å². The molecule has 11 heteroatoms. The van der Waals surface area contributed by atoms with Gasteiger partial charge in [-0.05, 0) is 36.4 Å². The summed E-state index contributed by atoms with van der Waals surface area (Å²) in [5, 5.41) is 22.7. The monoisotopic (exact) mass is 479 g/mol. The van der Waals surface area contributed by atoms with Crippen molar-refractivity contribution in [2.24, 2.45) is 0 Å². The van der Waals surface area contributed by atoms with E-state index in [0.29, 0.717) is 16.7 Å². The van der Waals surface area contributed by atoms with Crippen molar-refractivity contribution in [3.05, 3.63) is 88.7 Å². The number of ether oxygens (including phenoxy) is 1. The smallest absolute Gasteiger partial charge is 0.295 e. The van der Waals surface area contributed by atoms with E-state index in [1.54, 1.807) is 11.7 Å². The van der Waals surface area contributed by atoms with Crippen molar-refractivity contribution in [2.75, 3.05) is 18.2 Å². The van der Waals surface area contributed by atoms with E-state index in [4.69, 9.17) is 4.74 Å². The molecule has 4 rings (SSSR count). The molecule has 9 nitrogen and oxygen atoms in total. The van der Waals surface area contributed by atoms with Crippen LogP contribution >= 0.6 is 11.8 Å². The first-order valence-corrected chi connectivity index (χ1v) is 11.0. The van der Waals surface area contributed by atoms with Crippen LogP contribution in [0.25, 0.3) is 17.1 Å². The Bertz CT molecular complexity index is 1350. The number of benzene rings is 3. The van der Waals surface area contributed by atoms with Crippen molar-refractivity contribution >= 4 is 29.0 Å². The van der Waals surface area contributed by atoms with Gasteiger partial charge in [0.25, 0.3) is 5.69 Å². The van der Waals surface area contributed by atoms with E-state index in [1.165, 1.54) is 0 Å². The van der Waals surface area contributed by atoms with Gasteiger partial charge < -0.3 is 10.1 Å². The molecule has 0 spiro atoms. The Morgan fingerprint density at radius 2 is 1.85 bits per heavy atom. The van der Waals surface area contributed by atoms with Crippen LogP contribution in [0.1, 0.15) is 0 Å². The second-order valence-electron chi connectivity index (χ2n) is 6.93. The van der Waals surface area contributed by atoms with Crippen LogP contribution in [0.5, 0.6) is 5.75 Å². The Morgan fingerprint density at radius 1 is 1.12 bits per heavy atom. The number of halogens is 1. The summed E-state index contributed by atoms with van der Waals surface area (Å²) in [7, 11) is 1.57. The van der Waals surface area contributed by atoms with E-state index in [-0.39, 0.29) is 11.4 Å². The van der Waals surface area contributed by atoms with Gasteiger partial charge in [0.15, 0.2) is 11.0 Å². The number of methoxy groups -OCH3 is 1. The first kappa shape index (κ1) is 22.9. The van der Waals surface area contributed by atoms with Gasteiger partial charge in [-0.2, -0.15) is 0 Å². The minimum Gasteiger partial charge on any atom is -0.496 e. The molecule has 0 fully saturated rings. The SMILES string of the molecule is COc1ccccc1-c1nnc(SCC(=O)Nc2ccc(F)cc2[N+](=O)[O-])n1-c1ccccc1. The van der Waals surface area contributed by atoms with Crippen LogP contribution in [0.15, 0.2) is 78.0 Å². The highest BCUT2D eigenvalue weighted by atomic mass is 32.2. The summed E-state index contributed by atoms with van der Waals surface area (Å²) in [5.74, 6) is -0.239. The van der Waals surface area contributed by atoms with Crippen LogP contribution in [-0.2, 0) is 4.79 Å². The summed E-state index contributed by atoms with van der Waals surface area (Å²) >= 11 is 1.11. The van der Waals surface area contributed by atoms with Crippen LogP contribution in [-0.4, -0.2) is 38.5 Å². The third-order valence-corrected chi connectivity index (χ3v) is 5.69. The lowest BCUT2D eigenvalue weighted by Crippen LogP contribution is -2.15. The number of para-hydroxylation sites is 2. The molecule has 0 unspecified atom stereocenters. The number of anilines is 1. The third kappa shape index (κ3) is 4.89. The minimum absolute atomic E-state index is 0.0868. The number of nitro groups is 1. The first-order chi connectivity index (χ1) is 16.5. The number of hydrogen-bond acceptors (Lipinski definition) is 7. The molecule has 0 aliphatic heterocycles. The number of nitro benzene ring substituents is 1. The molecule has 34 heavy (non-hydrogen) atoms. The number of aromatic nitrogens is 3. The molecule has 0 aliphatic carbocycles. The maximum absolute atomic E-state index is 13.4. The molecule has 0 atom stereocenters. The largest absolute Gasteiger partial charge is 0.496 e. The molecule has 0 aliphatic rings. The third-order valence-electron chi connectivity index (χ3n) is 4.76. The zero-order valence-electron chi connectivity index (χ0n) is 17.8. The molecule has 1 N–H and O–H groups in total. The number of thioether (sulfide) groups is 1. The molecule has 1 heterocycles. The number of nitrogens with one attached hydrogen (secondary N) is 1. The normalized spacial score (nSPS) is 10.6. The molecular weight excluding hydrogens is 461 g/mol. The summed E-state index contributed by atoms with van der Waals surface area (Å²) in [6.45, 7) is 0. The van der Waals surface area contributed by atoms with Gasteiger partial charge in [0.2, 0.25) is 5.91 Å². The second-order valence-corrected chi connectivity index (χ2v) is 7.88. The fraction of sp³-hybridized carbons (Fsp3) is 0.0870. The fourth-order valence-electron chi connectivity index (χ4n) is 3.26. The molecule has 0 bridgehead atoms. The van der Waals surface area contributed by atoms with Gasteiger partial charge in [0.1, 0.15) is 17.3 Å². The summed E-state index contributed by atoms with van der Waals surface area (Å²) in [4.78, 5) is 23.0. The molecule has 172 valence electrons. The molecule has 3 aromatic carbocycles. The van der Waals surface area contributed by atoms with Crippen molar-refractivity contribution in [3.8, 4) is 22.8 Å². The number of rotatable bonds is 8. The van der Waals surface area contributed by atoms with Crippen LogP contribution in [0.2, 0.25) is 0 Å². The summed E-state index contributed by atoms with van der Waals surface area (Å²) in [6.07, 6.45) is 0. The highest BCUT2D eigenvalue weighted by molar-refractivity contribution is 7.99. The van der Waals surface area contributed by atoms with Crippen LogP contribution < -0.4 is 10.1 Å². The standard InChI is InChI=1S/C23H18FN5O4S/c1-33-20-10-6-5-9-17(20)22-26-27-23(28(22)16-7-3-2-4-8-16)34-14-21(30)25-18-12-11-15(24)13-19(18)29(31)32/h2-13H,14H2,1H3,(H,25,30). The highest BCUT2D eigenvalue weighted by Crippen LogP contribution is 2.33. The lowest BCUT2D eigenvalue weighted by Gasteiger charge is -2.12. The first-order valence-electron chi connectivity index (χ1n) is 9.98. The van der Waals surface area contributed by atoms with Gasteiger partial charge in [-0.3, -0.25) is 19.5 Å². The Morgan fingerprint density at radius 3 is 2.59 bits per heavy atom. The average molecular weight is 479 g/mol. The number of hydrogen-bond donors (Lipinski definition) is 1. The van der Waals surface area contributed by atoms with Crippen LogP contribution in [0.4, 0.5) is 15.8 Å². The predicted octanol–water partition coefficient (Wildman–Crippen LogP) is 4.72. The summed E-state index contributed by atoms with van der Waals surface area (Å²) in [6, 6.07) is 19.7. The lowest BCUT2D eigenvalue weighted by molar-refractivity contribution is -0.384. The quantitative estimate of drug-likeness (QED) is 0.221. The second kappa shape index (κ2) is 10.1. The molecule has 1 aromatic heterocycles.